The summed E-state index contributed by atoms with van der Waals surface area (Å²) in [5.74, 6) is -1.98. The summed E-state index contributed by atoms with van der Waals surface area (Å²) in [5.41, 5.74) is 0.666. The number of carboxylic acid groups (broad SMARTS) is 1. The Labute approximate surface area is 116 Å². The highest BCUT2D eigenvalue weighted by atomic mass is 16.4. The van der Waals surface area contributed by atoms with Gasteiger partial charge in [0.05, 0.1) is 5.92 Å². The molecule has 1 amide bonds. The van der Waals surface area contributed by atoms with E-state index in [9.17, 15) is 14.7 Å². The standard InChI is InChI=1S/C14H15N3O3/c18-13(10-17-8-4-7-16-17)15-9-12(14(19)20)11-5-2-1-3-6-11/h1-8,12H,9-10H2,(H,15,18)(H,19,20). The van der Waals surface area contributed by atoms with E-state index >= 15 is 0 Å². The van der Waals surface area contributed by atoms with Crippen LogP contribution in [0.25, 0.3) is 0 Å². The zero-order valence-electron chi connectivity index (χ0n) is 10.8. The van der Waals surface area contributed by atoms with Gasteiger partial charge in [-0.15, -0.1) is 0 Å². The highest BCUT2D eigenvalue weighted by Crippen LogP contribution is 2.14. The molecule has 6 heteroatoms. The quantitative estimate of drug-likeness (QED) is 0.818. The van der Waals surface area contributed by atoms with Crippen molar-refractivity contribution in [2.75, 3.05) is 6.54 Å². The van der Waals surface area contributed by atoms with Gasteiger partial charge in [-0.2, -0.15) is 5.10 Å². The number of benzene rings is 1. The van der Waals surface area contributed by atoms with Gasteiger partial charge in [-0.3, -0.25) is 14.3 Å². The van der Waals surface area contributed by atoms with E-state index < -0.39 is 11.9 Å². The van der Waals surface area contributed by atoms with E-state index in [0.29, 0.717) is 5.56 Å². The Bertz CT molecular complexity index is 567. The third-order valence-corrected chi connectivity index (χ3v) is 2.87. The van der Waals surface area contributed by atoms with E-state index in [-0.39, 0.29) is 19.0 Å². The van der Waals surface area contributed by atoms with Crippen LogP contribution in [0.1, 0.15) is 11.5 Å². The molecule has 0 fully saturated rings. The van der Waals surface area contributed by atoms with Crippen molar-refractivity contribution < 1.29 is 14.7 Å². The number of carbonyl (C=O) groups is 2. The molecule has 1 atom stereocenters. The number of amides is 1. The maximum Gasteiger partial charge on any atom is 0.312 e. The van der Waals surface area contributed by atoms with Crippen molar-refractivity contribution in [1.29, 1.82) is 0 Å². The van der Waals surface area contributed by atoms with Crippen molar-refractivity contribution in [1.82, 2.24) is 15.1 Å². The molecule has 0 aliphatic heterocycles. The van der Waals surface area contributed by atoms with E-state index in [4.69, 9.17) is 0 Å². The van der Waals surface area contributed by atoms with Gasteiger partial charge in [0.15, 0.2) is 0 Å². The van der Waals surface area contributed by atoms with Gasteiger partial charge in [0, 0.05) is 18.9 Å². The molecule has 2 aromatic rings. The molecule has 1 aromatic heterocycles. The minimum atomic E-state index is -0.962. The molecule has 0 radical (unpaired) electrons. The lowest BCUT2D eigenvalue weighted by Gasteiger charge is -2.13. The van der Waals surface area contributed by atoms with Gasteiger partial charge >= 0.3 is 5.97 Å². The van der Waals surface area contributed by atoms with Crippen molar-refractivity contribution in [3.63, 3.8) is 0 Å². The molecule has 0 saturated heterocycles. The number of hydrogen-bond donors (Lipinski definition) is 2. The summed E-state index contributed by atoms with van der Waals surface area (Å²) in [4.78, 5) is 23.0. The van der Waals surface area contributed by atoms with Gasteiger partial charge < -0.3 is 10.4 Å². The molecule has 0 aliphatic rings. The summed E-state index contributed by atoms with van der Waals surface area (Å²) < 4.78 is 1.48. The fraction of sp³-hybridized carbons (Fsp3) is 0.214. The smallest absolute Gasteiger partial charge is 0.312 e. The van der Waals surface area contributed by atoms with Crippen molar-refractivity contribution in [3.8, 4) is 0 Å². The topological polar surface area (TPSA) is 84.2 Å². The highest BCUT2D eigenvalue weighted by Gasteiger charge is 2.20. The van der Waals surface area contributed by atoms with Gasteiger partial charge in [-0.1, -0.05) is 30.3 Å². The molecular weight excluding hydrogens is 258 g/mol. The van der Waals surface area contributed by atoms with Crippen LogP contribution in [0.15, 0.2) is 48.8 Å². The van der Waals surface area contributed by atoms with Crippen LogP contribution in [-0.2, 0) is 16.1 Å². The van der Waals surface area contributed by atoms with E-state index in [2.05, 4.69) is 10.4 Å². The lowest BCUT2D eigenvalue weighted by Crippen LogP contribution is -2.34. The second-order valence-electron chi connectivity index (χ2n) is 4.31. The highest BCUT2D eigenvalue weighted by molar-refractivity contribution is 5.79. The molecule has 2 N–H and O–H groups in total. The summed E-state index contributed by atoms with van der Waals surface area (Å²) in [5, 5.41) is 15.8. The molecule has 104 valence electrons. The van der Waals surface area contributed by atoms with Crippen LogP contribution >= 0.6 is 0 Å². The zero-order chi connectivity index (χ0) is 14.4. The molecule has 0 aliphatic carbocycles. The average molecular weight is 273 g/mol. The number of hydrogen-bond acceptors (Lipinski definition) is 3. The summed E-state index contributed by atoms with van der Waals surface area (Å²) in [6, 6.07) is 10.6. The van der Waals surface area contributed by atoms with Gasteiger partial charge in [-0.05, 0) is 11.6 Å². The fourth-order valence-corrected chi connectivity index (χ4v) is 1.85. The first-order valence-electron chi connectivity index (χ1n) is 6.18. The maximum atomic E-state index is 11.7. The number of nitrogens with one attached hydrogen (secondary N) is 1. The third-order valence-electron chi connectivity index (χ3n) is 2.87. The van der Waals surface area contributed by atoms with Crippen molar-refractivity contribution in [2.24, 2.45) is 0 Å². The second kappa shape index (κ2) is 6.51. The molecule has 0 spiro atoms. The second-order valence-corrected chi connectivity index (χ2v) is 4.31. The summed E-state index contributed by atoms with van der Waals surface area (Å²) in [6.45, 7) is 0.133. The Morgan fingerprint density at radius 3 is 2.60 bits per heavy atom. The van der Waals surface area contributed by atoms with Crippen LogP contribution in [0.4, 0.5) is 0 Å². The van der Waals surface area contributed by atoms with Crippen LogP contribution in [0.3, 0.4) is 0 Å². The first-order chi connectivity index (χ1) is 9.66. The summed E-state index contributed by atoms with van der Waals surface area (Å²) in [7, 11) is 0. The van der Waals surface area contributed by atoms with Gasteiger partial charge in [-0.25, -0.2) is 0 Å². The zero-order valence-corrected chi connectivity index (χ0v) is 10.8. The van der Waals surface area contributed by atoms with Gasteiger partial charge in [0.2, 0.25) is 5.91 Å². The van der Waals surface area contributed by atoms with Crippen LogP contribution in [-0.4, -0.2) is 33.3 Å². The molecule has 6 nitrogen and oxygen atoms in total. The number of aliphatic carboxylic acids is 1. The average Bonchev–Trinajstić information content (AvgIpc) is 2.92. The predicted molar refractivity (Wildman–Crippen MR) is 72.1 cm³/mol. The van der Waals surface area contributed by atoms with Crippen molar-refractivity contribution >= 4 is 11.9 Å². The normalized spacial score (nSPS) is 11.8. The third kappa shape index (κ3) is 3.68. The summed E-state index contributed by atoms with van der Waals surface area (Å²) in [6.07, 6.45) is 3.25. The Kier molecular flexibility index (Phi) is 4.49. The molecule has 0 bridgehead atoms. The molecule has 1 aromatic carbocycles. The molecular formula is C14H15N3O3. The first-order valence-corrected chi connectivity index (χ1v) is 6.18. The van der Waals surface area contributed by atoms with Crippen molar-refractivity contribution in [2.45, 2.75) is 12.5 Å². The number of aromatic nitrogens is 2. The number of rotatable bonds is 6. The summed E-state index contributed by atoms with van der Waals surface area (Å²) >= 11 is 0. The molecule has 0 saturated carbocycles. The molecule has 1 unspecified atom stereocenters. The molecule has 2 rings (SSSR count). The van der Waals surface area contributed by atoms with Crippen LogP contribution < -0.4 is 5.32 Å². The van der Waals surface area contributed by atoms with E-state index in [1.165, 1.54) is 4.68 Å². The van der Waals surface area contributed by atoms with Gasteiger partial charge in [0.25, 0.3) is 0 Å². The SMILES string of the molecule is O=C(Cn1cccn1)NCC(C(=O)O)c1ccccc1. The Balaban J connectivity index is 1.93. The minimum absolute atomic E-state index is 0.0550. The molecule has 20 heavy (non-hydrogen) atoms. The lowest BCUT2D eigenvalue weighted by atomic mass is 9.99. The molecule has 1 heterocycles. The van der Waals surface area contributed by atoms with E-state index in [1.54, 1.807) is 42.7 Å². The number of nitrogens with zero attached hydrogens (tertiary/aromatic N) is 2. The Hall–Kier alpha value is -2.63. The van der Waals surface area contributed by atoms with E-state index in [1.807, 2.05) is 6.07 Å². The lowest BCUT2D eigenvalue weighted by molar-refractivity contribution is -0.138. The minimum Gasteiger partial charge on any atom is -0.481 e. The van der Waals surface area contributed by atoms with Crippen LogP contribution in [0.5, 0.6) is 0 Å². The number of carbonyl (C=O) groups excluding carboxylic acids is 1. The van der Waals surface area contributed by atoms with Crippen molar-refractivity contribution in [3.05, 3.63) is 54.4 Å². The van der Waals surface area contributed by atoms with Crippen LogP contribution in [0, 0.1) is 0 Å². The number of carboxylic acids is 1. The monoisotopic (exact) mass is 273 g/mol. The Morgan fingerprint density at radius 2 is 2.00 bits per heavy atom. The Morgan fingerprint density at radius 1 is 1.25 bits per heavy atom. The largest absolute Gasteiger partial charge is 0.481 e. The first kappa shape index (κ1) is 13.8. The maximum absolute atomic E-state index is 11.7. The fourth-order valence-electron chi connectivity index (χ4n) is 1.85. The van der Waals surface area contributed by atoms with Gasteiger partial charge in [0.1, 0.15) is 6.54 Å². The van der Waals surface area contributed by atoms with Crippen LogP contribution in [0.2, 0.25) is 0 Å². The predicted octanol–water partition coefficient (Wildman–Crippen LogP) is 0.868. The van der Waals surface area contributed by atoms with E-state index in [0.717, 1.165) is 0 Å².